The number of hydrogen-bond donors (Lipinski definition) is 0. The zero-order valence-corrected chi connectivity index (χ0v) is 8.25. The molecule has 1 rings (SSSR count). The molecule has 0 radical (unpaired) electrons. The molecule has 0 aromatic rings. The van der Waals surface area contributed by atoms with E-state index in [1.807, 2.05) is 0 Å². The van der Waals surface area contributed by atoms with E-state index in [1.165, 1.54) is 25.7 Å². The summed E-state index contributed by atoms with van der Waals surface area (Å²) < 4.78 is 0. The highest BCUT2D eigenvalue weighted by Crippen LogP contribution is 2.34. The smallest absolute Gasteiger partial charge is 0.120 e. The minimum Gasteiger partial charge on any atom is -0.303 e. The standard InChI is InChI=1S/C11H20O/c1-9(2)11-5-3-10(4-6-11)7-8-12/h8-11H,3-7H2,1-2H3. The lowest BCUT2D eigenvalue weighted by molar-refractivity contribution is -0.108. The zero-order valence-electron chi connectivity index (χ0n) is 8.25. The van der Waals surface area contributed by atoms with Gasteiger partial charge in [0, 0.05) is 6.42 Å². The molecule has 0 aromatic heterocycles. The van der Waals surface area contributed by atoms with Gasteiger partial charge >= 0.3 is 0 Å². The van der Waals surface area contributed by atoms with Crippen LogP contribution in [0.3, 0.4) is 0 Å². The highest BCUT2D eigenvalue weighted by Gasteiger charge is 2.22. The van der Waals surface area contributed by atoms with Crippen LogP contribution in [-0.2, 0) is 4.79 Å². The minimum absolute atomic E-state index is 0.706. The van der Waals surface area contributed by atoms with Gasteiger partial charge in [0.05, 0.1) is 0 Å². The van der Waals surface area contributed by atoms with E-state index in [2.05, 4.69) is 13.8 Å². The molecule has 0 amide bonds. The third kappa shape index (κ3) is 2.62. The Morgan fingerprint density at radius 3 is 2.25 bits per heavy atom. The molecular weight excluding hydrogens is 148 g/mol. The van der Waals surface area contributed by atoms with Crippen LogP contribution in [0.4, 0.5) is 0 Å². The first kappa shape index (κ1) is 9.76. The summed E-state index contributed by atoms with van der Waals surface area (Å²) >= 11 is 0. The maximum Gasteiger partial charge on any atom is 0.120 e. The van der Waals surface area contributed by atoms with Crippen LogP contribution in [0.15, 0.2) is 0 Å². The SMILES string of the molecule is CC(C)C1CCC(CC=O)CC1. The highest BCUT2D eigenvalue weighted by atomic mass is 16.1. The van der Waals surface area contributed by atoms with Crippen molar-refractivity contribution in [1.29, 1.82) is 0 Å². The van der Waals surface area contributed by atoms with E-state index < -0.39 is 0 Å². The Morgan fingerprint density at radius 2 is 1.83 bits per heavy atom. The van der Waals surface area contributed by atoms with E-state index in [0.717, 1.165) is 24.5 Å². The average Bonchev–Trinajstić information content (AvgIpc) is 2.06. The summed E-state index contributed by atoms with van der Waals surface area (Å²) in [5.41, 5.74) is 0. The predicted octanol–water partition coefficient (Wildman–Crippen LogP) is 3.04. The molecule has 0 heterocycles. The lowest BCUT2D eigenvalue weighted by Gasteiger charge is -2.29. The van der Waals surface area contributed by atoms with E-state index in [0.29, 0.717) is 5.92 Å². The Bertz CT molecular complexity index is 132. The summed E-state index contributed by atoms with van der Waals surface area (Å²) in [6.45, 7) is 4.62. The van der Waals surface area contributed by atoms with Crippen molar-refractivity contribution in [2.24, 2.45) is 17.8 Å². The van der Waals surface area contributed by atoms with Crippen LogP contribution in [0.1, 0.15) is 46.0 Å². The first-order valence-corrected chi connectivity index (χ1v) is 5.17. The molecule has 0 bridgehead atoms. The predicted molar refractivity (Wildman–Crippen MR) is 51.0 cm³/mol. The second-order valence-corrected chi connectivity index (χ2v) is 4.43. The van der Waals surface area contributed by atoms with Gasteiger partial charge in [0.2, 0.25) is 0 Å². The van der Waals surface area contributed by atoms with Crippen LogP contribution < -0.4 is 0 Å². The Kier molecular flexibility index (Phi) is 3.77. The van der Waals surface area contributed by atoms with Gasteiger partial charge in [0.25, 0.3) is 0 Å². The third-order valence-electron chi connectivity index (χ3n) is 3.26. The first-order valence-electron chi connectivity index (χ1n) is 5.17. The lowest BCUT2D eigenvalue weighted by atomic mass is 9.76. The molecule has 0 N–H and O–H groups in total. The summed E-state index contributed by atoms with van der Waals surface area (Å²) in [7, 11) is 0. The lowest BCUT2D eigenvalue weighted by Crippen LogP contribution is -2.18. The van der Waals surface area contributed by atoms with Crippen molar-refractivity contribution < 1.29 is 4.79 Å². The van der Waals surface area contributed by atoms with Crippen LogP contribution in [0.25, 0.3) is 0 Å². The molecule has 1 saturated carbocycles. The number of rotatable bonds is 3. The van der Waals surface area contributed by atoms with Gasteiger partial charge in [-0.25, -0.2) is 0 Å². The summed E-state index contributed by atoms with van der Waals surface area (Å²) in [4.78, 5) is 10.3. The van der Waals surface area contributed by atoms with E-state index in [9.17, 15) is 4.79 Å². The Morgan fingerprint density at radius 1 is 1.25 bits per heavy atom. The maximum atomic E-state index is 10.3. The van der Waals surface area contributed by atoms with Crippen LogP contribution in [0.2, 0.25) is 0 Å². The quantitative estimate of drug-likeness (QED) is 0.592. The highest BCUT2D eigenvalue weighted by molar-refractivity contribution is 5.49. The summed E-state index contributed by atoms with van der Waals surface area (Å²) in [6, 6.07) is 0. The van der Waals surface area contributed by atoms with Crippen molar-refractivity contribution in [1.82, 2.24) is 0 Å². The van der Waals surface area contributed by atoms with Crippen molar-refractivity contribution in [3.8, 4) is 0 Å². The second-order valence-electron chi connectivity index (χ2n) is 4.43. The number of aldehydes is 1. The van der Waals surface area contributed by atoms with Gasteiger partial charge in [-0.15, -0.1) is 0 Å². The van der Waals surface area contributed by atoms with E-state index in [4.69, 9.17) is 0 Å². The van der Waals surface area contributed by atoms with Gasteiger partial charge in [0.15, 0.2) is 0 Å². The van der Waals surface area contributed by atoms with E-state index in [-0.39, 0.29) is 0 Å². The number of carbonyl (C=O) groups is 1. The molecule has 1 aliphatic carbocycles. The van der Waals surface area contributed by atoms with Gasteiger partial charge in [0.1, 0.15) is 6.29 Å². The van der Waals surface area contributed by atoms with Crippen molar-refractivity contribution in [3.05, 3.63) is 0 Å². The molecule has 1 nitrogen and oxygen atoms in total. The molecule has 0 saturated heterocycles. The topological polar surface area (TPSA) is 17.1 Å². The zero-order chi connectivity index (χ0) is 8.97. The Hall–Kier alpha value is -0.330. The van der Waals surface area contributed by atoms with Crippen LogP contribution >= 0.6 is 0 Å². The Balaban J connectivity index is 2.24. The number of carbonyl (C=O) groups excluding carboxylic acids is 1. The van der Waals surface area contributed by atoms with Gasteiger partial charge in [-0.3, -0.25) is 0 Å². The molecule has 0 spiro atoms. The molecule has 1 fully saturated rings. The van der Waals surface area contributed by atoms with Crippen molar-refractivity contribution in [2.75, 3.05) is 0 Å². The van der Waals surface area contributed by atoms with Gasteiger partial charge in [-0.05, 0) is 43.4 Å². The molecule has 0 atom stereocenters. The van der Waals surface area contributed by atoms with E-state index in [1.54, 1.807) is 0 Å². The summed E-state index contributed by atoms with van der Waals surface area (Å²) in [5.74, 6) is 2.47. The van der Waals surface area contributed by atoms with Crippen LogP contribution in [0, 0.1) is 17.8 Å². The molecule has 0 aromatic carbocycles. The fraction of sp³-hybridized carbons (Fsp3) is 0.909. The third-order valence-corrected chi connectivity index (χ3v) is 3.26. The van der Waals surface area contributed by atoms with Gasteiger partial charge in [-0.2, -0.15) is 0 Å². The summed E-state index contributed by atoms with van der Waals surface area (Å²) in [5, 5.41) is 0. The monoisotopic (exact) mass is 168 g/mol. The van der Waals surface area contributed by atoms with Crippen LogP contribution in [0.5, 0.6) is 0 Å². The molecule has 0 unspecified atom stereocenters. The molecule has 12 heavy (non-hydrogen) atoms. The van der Waals surface area contributed by atoms with Crippen molar-refractivity contribution in [2.45, 2.75) is 46.0 Å². The van der Waals surface area contributed by atoms with Crippen LogP contribution in [-0.4, -0.2) is 6.29 Å². The molecule has 0 aliphatic heterocycles. The molecule has 70 valence electrons. The molecule has 1 aliphatic rings. The van der Waals surface area contributed by atoms with Crippen molar-refractivity contribution in [3.63, 3.8) is 0 Å². The largest absolute Gasteiger partial charge is 0.303 e. The average molecular weight is 168 g/mol. The fourth-order valence-corrected chi connectivity index (χ4v) is 2.23. The van der Waals surface area contributed by atoms with E-state index >= 15 is 0 Å². The second kappa shape index (κ2) is 4.64. The van der Waals surface area contributed by atoms with Crippen molar-refractivity contribution >= 4 is 6.29 Å². The molecular formula is C11H20O. The number of hydrogen-bond acceptors (Lipinski definition) is 1. The normalized spacial score (nSPS) is 30.6. The minimum atomic E-state index is 0.706. The van der Waals surface area contributed by atoms with Gasteiger partial charge < -0.3 is 4.79 Å². The Labute approximate surface area is 75.5 Å². The van der Waals surface area contributed by atoms with Gasteiger partial charge in [-0.1, -0.05) is 13.8 Å². The maximum absolute atomic E-state index is 10.3. The summed E-state index contributed by atoms with van der Waals surface area (Å²) in [6.07, 6.45) is 7.13. The molecule has 1 heteroatoms. The fourth-order valence-electron chi connectivity index (χ4n) is 2.23. The first-order chi connectivity index (χ1) is 5.74.